The monoisotopic (exact) mass is 281 g/mol. The Morgan fingerprint density at radius 1 is 1.40 bits per heavy atom. The van der Waals surface area contributed by atoms with Gasteiger partial charge in [0, 0.05) is 6.07 Å². The predicted octanol–water partition coefficient (Wildman–Crippen LogP) is 2.26. The molecule has 0 spiro atoms. The number of methoxy groups -OCH3 is 1. The van der Waals surface area contributed by atoms with Crippen LogP contribution in [0, 0.1) is 5.92 Å². The molecular formula is C14H23N3O3. The van der Waals surface area contributed by atoms with Crippen LogP contribution < -0.4 is 10.1 Å². The first-order valence-corrected chi connectivity index (χ1v) is 6.86. The van der Waals surface area contributed by atoms with Crippen molar-refractivity contribution in [1.82, 2.24) is 9.97 Å². The van der Waals surface area contributed by atoms with Crippen LogP contribution >= 0.6 is 0 Å². The van der Waals surface area contributed by atoms with Gasteiger partial charge in [0.2, 0.25) is 5.88 Å². The molecule has 20 heavy (non-hydrogen) atoms. The largest absolute Gasteiger partial charge is 0.478 e. The van der Waals surface area contributed by atoms with Crippen LogP contribution in [0.5, 0.6) is 5.88 Å². The molecule has 0 amide bonds. The van der Waals surface area contributed by atoms with Crippen molar-refractivity contribution < 1.29 is 14.3 Å². The number of ether oxygens (including phenoxy) is 2. The summed E-state index contributed by atoms with van der Waals surface area (Å²) < 4.78 is 10.2. The zero-order valence-electron chi connectivity index (χ0n) is 12.5. The molecule has 6 nitrogen and oxygen atoms in total. The summed E-state index contributed by atoms with van der Waals surface area (Å²) in [4.78, 5) is 19.9. The number of rotatable bonds is 8. The Balaban J connectivity index is 2.74. The third-order valence-electron chi connectivity index (χ3n) is 2.61. The molecule has 0 aliphatic rings. The van der Waals surface area contributed by atoms with E-state index >= 15 is 0 Å². The summed E-state index contributed by atoms with van der Waals surface area (Å²) in [6.07, 6.45) is 2.99. The average Bonchev–Trinajstić information content (AvgIpc) is 2.43. The fourth-order valence-corrected chi connectivity index (χ4v) is 1.71. The standard InChI is InChI=1S/C14H23N3O3/c1-5-6-20-13-8-12(15-9-16-13)17-11(7-10(2)3)14(18)19-4/h8-11H,5-7H2,1-4H3,(H,15,16,17). The second kappa shape index (κ2) is 8.35. The molecule has 1 N–H and O–H groups in total. The fraction of sp³-hybridized carbons (Fsp3) is 0.643. The van der Waals surface area contributed by atoms with E-state index in [-0.39, 0.29) is 5.97 Å². The van der Waals surface area contributed by atoms with E-state index in [1.165, 1.54) is 13.4 Å². The zero-order chi connectivity index (χ0) is 15.0. The van der Waals surface area contributed by atoms with E-state index in [9.17, 15) is 4.79 Å². The summed E-state index contributed by atoms with van der Waals surface area (Å²) in [6, 6.07) is 1.26. The molecule has 0 fully saturated rings. The van der Waals surface area contributed by atoms with Gasteiger partial charge in [-0.3, -0.25) is 0 Å². The number of esters is 1. The van der Waals surface area contributed by atoms with Crippen molar-refractivity contribution in [2.45, 2.75) is 39.7 Å². The van der Waals surface area contributed by atoms with Crippen molar-refractivity contribution in [3.63, 3.8) is 0 Å². The van der Waals surface area contributed by atoms with E-state index in [0.717, 1.165) is 6.42 Å². The minimum Gasteiger partial charge on any atom is -0.478 e. The van der Waals surface area contributed by atoms with Gasteiger partial charge in [-0.2, -0.15) is 0 Å². The molecule has 0 saturated heterocycles. The van der Waals surface area contributed by atoms with Crippen LogP contribution in [0.15, 0.2) is 12.4 Å². The number of carbonyl (C=O) groups excluding carboxylic acids is 1. The van der Waals surface area contributed by atoms with E-state index in [4.69, 9.17) is 9.47 Å². The maximum atomic E-state index is 11.7. The highest BCUT2D eigenvalue weighted by Crippen LogP contribution is 2.15. The third kappa shape index (κ3) is 5.42. The molecule has 1 aromatic heterocycles. The zero-order valence-corrected chi connectivity index (χ0v) is 12.5. The Morgan fingerprint density at radius 2 is 2.15 bits per heavy atom. The smallest absolute Gasteiger partial charge is 0.328 e. The van der Waals surface area contributed by atoms with Crippen molar-refractivity contribution in [1.29, 1.82) is 0 Å². The van der Waals surface area contributed by atoms with E-state index in [2.05, 4.69) is 15.3 Å². The molecule has 112 valence electrons. The molecule has 0 aliphatic carbocycles. The summed E-state index contributed by atoms with van der Waals surface area (Å²) >= 11 is 0. The Labute approximate surface area is 119 Å². The number of aromatic nitrogens is 2. The first kappa shape index (κ1) is 16.2. The summed E-state index contributed by atoms with van der Waals surface area (Å²) in [6.45, 7) is 6.72. The Kier molecular flexibility index (Phi) is 6.76. The van der Waals surface area contributed by atoms with Crippen LogP contribution in [0.3, 0.4) is 0 Å². The van der Waals surface area contributed by atoms with Gasteiger partial charge in [-0.15, -0.1) is 0 Å². The van der Waals surface area contributed by atoms with Gasteiger partial charge >= 0.3 is 5.97 Å². The molecule has 1 atom stereocenters. The maximum absolute atomic E-state index is 11.7. The summed E-state index contributed by atoms with van der Waals surface area (Å²) in [7, 11) is 1.38. The van der Waals surface area contributed by atoms with E-state index in [0.29, 0.717) is 30.6 Å². The first-order chi connectivity index (χ1) is 9.56. The molecule has 1 heterocycles. The van der Waals surface area contributed by atoms with Gasteiger partial charge in [-0.25, -0.2) is 14.8 Å². The second-order valence-electron chi connectivity index (χ2n) is 4.94. The van der Waals surface area contributed by atoms with Crippen molar-refractivity contribution in [3.8, 4) is 5.88 Å². The number of hydrogen-bond donors (Lipinski definition) is 1. The van der Waals surface area contributed by atoms with Crippen LogP contribution in [-0.2, 0) is 9.53 Å². The van der Waals surface area contributed by atoms with Crippen LogP contribution in [0.25, 0.3) is 0 Å². The molecule has 1 rings (SSSR count). The van der Waals surface area contributed by atoms with E-state index < -0.39 is 6.04 Å². The van der Waals surface area contributed by atoms with E-state index in [1.807, 2.05) is 20.8 Å². The minimum atomic E-state index is -0.422. The normalized spacial score (nSPS) is 12.1. The highest BCUT2D eigenvalue weighted by Gasteiger charge is 2.20. The second-order valence-corrected chi connectivity index (χ2v) is 4.94. The molecule has 0 aliphatic heterocycles. The van der Waals surface area contributed by atoms with Crippen LogP contribution in [0.4, 0.5) is 5.82 Å². The molecule has 0 aromatic carbocycles. The van der Waals surface area contributed by atoms with Crippen molar-refractivity contribution in [3.05, 3.63) is 12.4 Å². The molecule has 0 saturated carbocycles. The highest BCUT2D eigenvalue weighted by atomic mass is 16.5. The van der Waals surface area contributed by atoms with Crippen LogP contribution in [-0.4, -0.2) is 35.7 Å². The minimum absolute atomic E-state index is 0.298. The molecule has 1 unspecified atom stereocenters. The van der Waals surface area contributed by atoms with Gasteiger partial charge < -0.3 is 14.8 Å². The molecule has 1 aromatic rings. The Hall–Kier alpha value is -1.85. The molecule has 0 bridgehead atoms. The quantitative estimate of drug-likeness (QED) is 0.737. The molecule has 6 heteroatoms. The highest BCUT2D eigenvalue weighted by molar-refractivity contribution is 5.78. The summed E-state index contributed by atoms with van der Waals surface area (Å²) in [5, 5.41) is 3.07. The lowest BCUT2D eigenvalue weighted by Gasteiger charge is -2.18. The van der Waals surface area contributed by atoms with Gasteiger partial charge in [0.15, 0.2) is 0 Å². The summed E-state index contributed by atoms with van der Waals surface area (Å²) in [5.41, 5.74) is 0. The van der Waals surface area contributed by atoms with Gasteiger partial charge in [0.1, 0.15) is 18.2 Å². The first-order valence-electron chi connectivity index (χ1n) is 6.86. The lowest BCUT2D eigenvalue weighted by molar-refractivity contribution is -0.141. The van der Waals surface area contributed by atoms with Crippen LogP contribution in [0.1, 0.15) is 33.6 Å². The van der Waals surface area contributed by atoms with Crippen molar-refractivity contribution >= 4 is 11.8 Å². The molecule has 0 radical (unpaired) electrons. The lowest BCUT2D eigenvalue weighted by atomic mass is 10.0. The Bertz CT molecular complexity index is 424. The van der Waals surface area contributed by atoms with Gasteiger partial charge in [0.25, 0.3) is 0 Å². The molecular weight excluding hydrogens is 258 g/mol. The summed E-state index contributed by atoms with van der Waals surface area (Å²) in [5.74, 6) is 1.12. The number of carbonyl (C=O) groups is 1. The third-order valence-corrected chi connectivity index (χ3v) is 2.61. The fourth-order valence-electron chi connectivity index (χ4n) is 1.71. The number of nitrogens with one attached hydrogen (secondary N) is 1. The van der Waals surface area contributed by atoms with Gasteiger partial charge in [-0.05, 0) is 18.8 Å². The van der Waals surface area contributed by atoms with Crippen molar-refractivity contribution in [2.24, 2.45) is 5.92 Å². The number of hydrogen-bond acceptors (Lipinski definition) is 6. The van der Waals surface area contributed by atoms with Gasteiger partial charge in [-0.1, -0.05) is 20.8 Å². The average molecular weight is 281 g/mol. The number of nitrogens with zero attached hydrogens (tertiary/aromatic N) is 2. The lowest BCUT2D eigenvalue weighted by Crippen LogP contribution is -2.32. The number of anilines is 1. The van der Waals surface area contributed by atoms with Crippen LogP contribution in [0.2, 0.25) is 0 Å². The SMILES string of the molecule is CCCOc1cc(NC(CC(C)C)C(=O)OC)ncn1. The van der Waals surface area contributed by atoms with Gasteiger partial charge in [0.05, 0.1) is 13.7 Å². The topological polar surface area (TPSA) is 73.3 Å². The Morgan fingerprint density at radius 3 is 2.75 bits per heavy atom. The predicted molar refractivity (Wildman–Crippen MR) is 76.7 cm³/mol. The maximum Gasteiger partial charge on any atom is 0.328 e. The van der Waals surface area contributed by atoms with Crippen molar-refractivity contribution in [2.75, 3.05) is 19.0 Å². The van der Waals surface area contributed by atoms with E-state index in [1.54, 1.807) is 6.07 Å².